The second-order valence-electron chi connectivity index (χ2n) is 6.58. The smallest absolute Gasteiger partial charge is 0.346 e. The number of benzene rings is 1. The number of piperazine rings is 1. The van der Waals surface area contributed by atoms with E-state index in [4.69, 9.17) is 4.42 Å². The topological polar surface area (TPSA) is 82.4 Å². The molecule has 0 saturated carbocycles. The van der Waals surface area contributed by atoms with Crippen LogP contribution in [0.15, 0.2) is 57.9 Å². The average Bonchev–Trinajstić information content (AvgIpc) is 3.22. The monoisotopic (exact) mass is 364 g/mol. The third kappa shape index (κ3) is 3.62. The zero-order valence-corrected chi connectivity index (χ0v) is 15.0. The van der Waals surface area contributed by atoms with Gasteiger partial charge in [0.1, 0.15) is 11.5 Å². The Hall–Kier alpha value is -3.35. The highest BCUT2D eigenvalue weighted by Crippen LogP contribution is 2.20. The number of nitrogens with zero attached hydrogens (tertiary/aromatic N) is 3. The maximum absolute atomic E-state index is 12.8. The number of aryl methyl sites for hydroxylation is 1. The van der Waals surface area contributed by atoms with Crippen molar-refractivity contribution in [2.45, 2.75) is 6.92 Å². The van der Waals surface area contributed by atoms with Gasteiger partial charge in [-0.05, 0) is 42.8 Å². The summed E-state index contributed by atoms with van der Waals surface area (Å²) in [5.74, 6) is 0.255. The third-order valence-corrected chi connectivity index (χ3v) is 4.68. The first-order chi connectivity index (χ1) is 13.1. The van der Waals surface area contributed by atoms with Gasteiger partial charge in [-0.15, -0.1) is 0 Å². The van der Waals surface area contributed by atoms with Crippen LogP contribution in [0.3, 0.4) is 0 Å². The molecule has 0 atom stereocenters. The van der Waals surface area contributed by atoms with Crippen LogP contribution < -0.4 is 10.6 Å². The van der Waals surface area contributed by atoms with E-state index in [0.29, 0.717) is 24.5 Å². The highest BCUT2D eigenvalue weighted by Gasteiger charge is 2.24. The molecule has 0 aliphatic carbocycles. The summed E-state index contributed by atoms with van der Waals surface area (Å²) in [6.07, 6.45) is 1.51. The molecule has 3 heterocycles. The molecule has 1 saturated heterocycles. The minimum absolute atomic E-state index is 0.133. The van der Waals surface area contributed by atoms with Crippen molar-refractivity contribution >= 4 is 11.6 Å². The van der Waals surface area contributed by atoms with Crippen molar-refractivity contribution in [2.24, 2.45) is 0 Å². The second kappa shape index (κ2) is 7.11. The fourth-order valence-electron chi connectivity index (χ4n) is 3.29. The van der Waals surface area contributed by atoms with Gasteiger partial charge < -0.3 is 19.2 Å². The highest BCUT2D eigenvalue weighted by atomic mass is 16.3. The molecule has 4 rings (SSSR count). The summed E-state index contributed by atoms with van der Waals surface area (Å²) in [4.78, 5) is 35.2. The molecule has 0 radical (unpaired) electrons. The summed E-state index contributed by atoms with van der Waals surface area (Å²) in [6, 6.07) is 13.3. The molecule has 1 aliphatic heterocycles. The molecule has 0 spiro atoms. The summed E-state index contributed by atoms with van der Waals surface area (Å²) >= 11 is 0. The third-order valence-electron chi connectivity index (χ3n) is 4.68. The number of amides is 1. The zero-order valence-electron chi connectivity index (χ0n) is 15.0. The van der Waals surface area contributed by atoms with Crippen molar-refractivity contribution < 1.29 is 9.21 Å². The number of carbonyl (C=O) groups is 1. The predicted octanol–water partition coefficient (Wildman–Crippen LogP) is 2.30. The van der Waals surface area contributed by atoms with Crippen molar-refractivity contribution in [1.29, 1.82) is 0 Å². The van der Waals surface area contributed by atoms with Gasteiger partial charge in [0.2, 0.25) is 0 Å². The molecule has 0 bridgehead atoms. The quantitative estimate of drug-likeness (QED) is 0.771. The molecule has 7 heteroatoms. The molecule has 1 amide bonds. The maximum atomic E-state index is 12.8. The molecule has 2 aromatic heterocycles. The van der Waals surface area contributed by atoms with E-state index in [1.807, 2.05) is 6.07 Å². The number of nitrogens with one attached hydrogen (secondary N) is 1. The zero-order chi connectivity index (χ0) is 18.8. The van der Waals surface area contributed by atoms with E-state index in [-0.39, 0.29) is 11.6 Å². The largest absolute Gasteiger partial charge is 0.463 e. The van der Waals surface area contributed by atoms with E-state index in [1.54, 1.807) is 23.1 Å². The standard InChI is InChI=1S/C20H20N4O3/c1-14-4-2-5-15(12-14)23-7-9-24(10-8-23)19(25)17-13-16(21-20(26)22-17)18-6-3-11-27-18/h2-6,11-13H,7-10H2,1H3,(H,21,22,26). The number of aromatic amines is 1. The molecule has 138 valence electrons. The summed E-state index contributed by atoms with van der Waals surface area (Å²) in [5.41, 5.74) is 2.39. The van der Waals surface area contributed by atoms with E-state index in [1.165, 1.54) is 11.8 Å². The first-order valence-corrected chi connectivity index (χ1v) is 8.86. The SMILES string of the molecule is Cc1cccc(N2CCN(C(=O)c3cc(-c4ccco4)[nH]c(=O)n3)CC2)c1. The Balaban J connectivity index is 1.49. The number of rotatable bonds is 3. The second-order valence-corrected chi connectivity index (χ2v) is 6.58. The fraction of sp³-hybridized carbons (Fsp3) is 0.250. The fourth-order valence-corrected chi connectivity index (χ4v) is 3.29. The van der Waals surface area contributed by atoms with Crippen LogP contribution in [-0.4, -0.2) is 47.0 Å². The van der Waals surface area contributed by atoms with Crippen LogP contribution in [-0.2, 0) is 0 Å². The minimum atomic E-state index is -0.564. The molecule has 1 fully saturated rings. The Labute approximate surface area is 156 Å². The van der Waals surface area contributed by atoms with E-state index in [9.17, 15) is 9.59 Å². The maximum Gasteiger partial charge on any atom is 0.346 e. The molecule has 1 N–H and O–H groups in total. The van der Waals surface area contributed by atoms with Crippen molar-refractivity contribution in [1.82, 2.24) is 14.9 Å². The number of H-pyrrole nitrogens is 1. The van der Waals surface area contributed by atoms with Crippen molar-refractivity contribution in [3.63, 3.8) is 0 Å². The molecule has 1 aromatic carbocycles. The summed E-state index contributed by atoms with van der Waals surface area (Å²) < 4.78 is 5.30. The van der Waals surface area contributed by atoms with Gasteiger partial charge in [-0.1, -0.05) is 12.1 Å². The van der Waals surface area contributed by atoms with Gasteiger partial charge in [-0.3, -0.25) is 4.79 Å². The lowest BCUT2D eigenvalue weighted by Gasteiger charge is -2.36. The molecule has 3 aromatic rings. The van der Waals surface area contributed by atoms with Crippen LogP contribution in [0.4, 0.5) is 5.69 Å². The van der Waals surface area contributed by atoms with Crippen LogP contribution in [0.5, 0.6) is 0 Å². The van der Waals surface area contributed by atoms with E-state index in [2.05, 4.69) is 40.0 Å². The van der Waals surface area contributed by atoms with E-state index >= 15 is 0 Å². The van der Waals surface area contributed by atoms with E-state index < -0.39 is 5.69 Å². The predicted molar refractivity (Wildman–Crippen MR) is 102 cm³/mol. The van der Waals surface area contributed by atoms with Crippen LogP contribution in [0.1, 0.15) is 16.1 Å². The Morgan fingerprint density at radius 1 is 1.11 bits per heavy atom. The average molecular weight is 364 g/mol. The summed E-state index contributed by atoms with van der Waals surface area (Å²) in [7, 11) is 0. The lowest BCUT2D eigenvalue weighted by molar-refractivity contribution is 0.0740. The van der Waals surface area contributed by atoms with Crippen molar-refractivity contribution in [3.05, 3.63) is 70.5 Å². The van der Waals surface area contributed by atoms with Crippen molar-refractivity contribution in [3.8, 4) is 11.5 Å². The van der Waals surface area contributed by atoms with Crippen LogP contribution >= 0.6 is 0 Å². The number of furan rings is 1. The summed E-state index contributed by atoms with van der Waals surface area (Å²) in [5, 5.41) is 0. The van der Waals surface area contributed by atoms with E-state index in [0.717, 1.165) is 18.8 Å². The van der Waals surface area contributed by atoms with Crippen LogP contribution in [0.2, 0.25) is 0 Å². The normalized spacial score (nSPS) is 14.4. The Bertz CT molecular complexity index is 1000. The number of carbonyl (C=O) groups excluding carboxylic acids is 1. The molecule has 7 nitrogen and oxygen atoms in total. The molecular formula is C20H20N4O3. The first kappa shape index (κ1) is 17.1. The Morgan fingerprint density at radius 3 is 2.63 bits per heavy atom. The lowest BCUT2D eigenvalue weighted by atomic mass is 10.2. The van der Waals surface area contributed by atoms with Gasteiger partial charge in [-0.2, -0.15) is 4.98 Å². The summed E-state index contributed by atoms with van der Waals surface area (Å²) in [6.45, 7) is 4.71. The van der Waals surface area contributed by atoms with Gasteiger partial charge >= 0.3 is 5.69 Å². The number of hydrogen-bond donors (Lipinski definition) is 1. The molecule has 1 aliphatic rings. The molecular weight excluding hydrogens is 344 g/mol. The Morgan fingerprint density at radius 2 is 1.93 bits per heavy atom. The number of anilines is 1. The van der Waals surface area contributed by atoms with Crippen LogP contribution in [0, 0.1) is 6.92 Å². The van der Waals surface area contributed by atoms with Gasteiger partial charge in [0.15, 0.2) is 0 Å². The number of hydrogen-bond acceptors (Lipinski definition) is 5. The van der Waals surface area contributed by atoms with Crippen LogP contribution in [0.25, 0.3) is 11.5 Å². The number of aromatic nitrogens is 2. The molecule has 27 heavy (non-hydrogen) atoms. The molecule has 0 unspecified atom stereocenters. The van der Waals surface area contributed by atoms with Gasteiger partial charge in [0, 0.05) is 31.9 Å². The van der Waals surface area contributed by atoms with Gasteiger partial charge in [-0.25, -0.2) is 4.79 Å². The van der Waals surface area contributed by atoms with Gasteiger partial charge in [0.05, 0.1) is 12.0 Å². The van der Waals surface area contributed by atoms with Gasteiger partial charge in [0.25, 0.3) is 5.91 Å². The lowest BCUT2D eigenvalue weighted by Crippen LogP contribution is -2.49. The Kier molecular flexibility index (Phi) is 4.50. The first-order valence-electron chi connectivity index (χ1n) is 8.86. The van der Waals surface area contributed by atoms with Crippen molar-refractivity contribution in [2.75, 3.05) is 31.1 Å². The minimum Gasteiger partial charge on any atom is -0.463 e. The highest BCUT2D eigenvalue weighted by molar-refractivity contribution is 5.93.